The van der Waals surface area contributed by atoms with E-state index in [-0.39, 0.29) is 5.41 Å². The normalized spacial score (nSPS) is 13.4. The molecule has 1 saturated carbocycles. The highest BCUT2D eigenvalue weighted by atomic mass is 15.1. The van der Waals surface area contributed by atoms with Crippen LogP contribution in [-0.2, 0) is 18.3 Å². The third-order valence-corrected chi connectivity index (χ3v) is 17.6. The van der Waals surface area contributed by atoms with Crippen molar-refractivity contribution in [3.63, 3.8) is 0 Å². The molecule has 0 unspecified atom stereocenters. The first-order chi connectivity index (χ1) is 38.0. The zero-order valence-electron chi connectivity index (χ0n) is 48.0. The van der Waals surface area contributed by atoms with Gasteiger partial charge in [-0.1, -0.05) is 167 Å². The van der Waals surface area contributed by atoms with E-state index in [1.165, 1.54) is 133 Å². The molecule has 0 N–H and O–H groups in total. The van der Waals surface area contributed by atoms with Crippen LogP contribution < -0.4 is 9.80 Å². The molecule has 2 heteroatoms. The van der Waals surface area contributed by atoms with Gasteiger partial charge < -0.3 is 9.80 Å². The average molecular weight is 1020 g/mol. The van der Waals surface area contributed by atoms with E-state index < -0.39 is 0 Å². The third-order valence-electron chi connectivity index (χ3n) is 17.6. The maximum absolute atomic E-state index is 2.45. The highest BCUT2D eigenvalue weighted by Crippen LogP contribution is 2.51. The molecule has 0 aliphatic heterocycles. The number of nitrogens with zero attached hydrogens (tertiary/aromatic N) is 2. The Morgan fingerprint density at radius 3 is 1.12 bits per heavy atom. The fourth-order valence-electron chi connectivity index (χ4n) is 12.5. The summed E-state index contributed by atoms with van der Waals surface area (Å²) < 4.78 is 0. The van der Waals surface area contributed by atoms with Gasteiger partial charge in [0.2, 0.25) is 0 Å². The van der Waals surface area contributed by atoms with E-state index in [0.717, 1.165) is 61.3 Å². The molecule has 0 aromatic heterocycles. The first-order valence-electron chi connectivity index (χ1n) is 29.4. The lowest BCUT2D eigenvalue weighted by Crippen LogP contribution is -2.32. The molecule has 10 rings (SSSR count). The number of anilines is 6. The van der Waals surface area contributed by atoms with Gasteiger partial charge in [-0.2, -0.15) is 0 Å². The molecule has 0 spiro atoms. The molecular formula is C76H82N2. The van der Waals surface area contributed by atoms with Crippen LogP contribution in [0, 0.1) is 41.5 Å². The largest absolute Gasteiger partial charge is 0.310 e. The summed E-state index contributed by atoms with van der Waals surface area (Å²) in [6, 6.07) is 77.0. The zero-order chi connectivity index (χ0) is 54.2. The minimum Gasteiger partial charge on any atom is -0.310 e. The minimum absolute atomic E-state index is 0.144. The van der Waals surface area contributed by atoms with Crippen LogP contribution >= 0.6 is 0 Å². The van der Waals surface area contributed by atoms with Gasteiger partial charge in [0.05, 0.1) is 0 Å². The highest BCUT2D eigenvalue weighted by molar-refractivity contribution is 5.81. The number of hydrogen-bond donors (Lipinski definition) is 0. The fraction of sp³-hybridized carbons (Fsp3) is 0.289. The lowest BCUT2D eigenvalue weighted by atomic mass is 9.62. The summed E-state index contributed by atoms with van der Waals surface area (Å²) in [5.41, 5.74) is 26.9. The van der Waals surface area contributed by atoms with Crippen LogP contribution in [-0.4, -0.2) is 0 Å². The maximum atomic E-state index is 2.45. The number of hydrogen-bond acceptors (Lipinski definition) is 2. The Hall–Kier alpha value is -7.42. The van der Waals surface area contributed by atoms with Gasteiger partial charge in [0.25, 0.3) is 0 Å². The second-order valence-corrected chi connectivity index (χ2v) is 22.9. The second kappa shape index (κ2) is 24.5. The van der Waals surface area contributed by atoms with E-state index in [1.807, 2.05) is 0 Å². The molecule has 0 bridgehead atoms. The minimum atomic E-state index is -0.144. The Labute approximate surface area is 468 Å². The van der Waals surface area contributed by atoms with Gasteiger partial charge in [0.1, 0.15) is 0 Å². The molecule has 0 saturated heterocycles. The molecule has 9 aromatic carbocycles. The zero-order valence-corrected chi connectivity index (χ0v) is 48.0. The van der Waals surface area contributed by atoms with E-state index in [9.17, 15) is 0 Å². The molecule has 1 aliphatic rings. The predicted molar refractivity (Wildman–Crippen MR) is 336 cm³/mol. The predicted octanol–water partition coefficient (Wildman–Crippen LogP) is 21.9. The van der Waals surface area contributed by atoms with E-state index in [1.54, 1.807) is 0 Å². The van der Waals surface area contributed by atoms with Crippen molar-refractivity contribution in [3.05, 3.63) is 261 Å². The highest BCUT2D eigenvalue weighted by Gasteiger charge is 2.39. The summed E-state index contributed by atoms with van der Waals surface area (Å²) in [4.78, 5) is 4.88. The molecule has 2 nitrogen and oxygen atoms in total. The van der Waals surface area contributed by atoms with Crippen LogP contribution in [0.15, 0.2) is 200 Å². The number of rotatable bonds is 19. The summed E-state index contributed by atoms with van der Waals surface area (Å²) in [5.74, 6) is 0.546. The summed E-state index contributed by atoms with van der Waals surface area (Å²) in [6.07, 6.45) is 14.3. The van der Waals surface area contributed by atoms with Gasteiger partial charge in [-0.3, -0.25) is 0 Å². The van der Waals surface area contributed by atoms with Crippen molar-refractivity contribution in [2.75, 3.05) is 9.80 Å². The van der Waals surface area contributed by atoms with Crippen LogP contribution in [0.1, 0.15) is 145 Å². The lowest BCUT2D eigenvalue weighted by molar-refractivity contribution is 0.315. The Kier molecular flexibility index (Phi) is 16.9. The maximum Gasteiger partial charge on any atom is 0.0464 e. The monoisotopic (exact) mass is 1020 g/mol. The van der Waals surface area contributed by atoms with Gasteiger partial charge >= 0.3 is 0 Å². The van der Waals surface area contributed by atoms with E-state index in [2.05, 4.69) is 265 Å². The van der Waals surface area contributed by atoms with Crippen LogP contribution in [0.25, 0.3) is 22.3 Å². The molecule has 0 atom stereocenters. The second-order valence-electron chi connectivity index (χ2n) is 22.9. The van der Waals surface area contributed by atoms with Crippen molar-refractivity contribution >= 4 is 34.1 Å². The van der Waals surface area contributed by atoms with Crippen LogP contribution in [0.4, 0.5) is 34.1 Å². The van der Waals surface area contributed by atoms with Crippen molar-refractivity contribution in [3.8, 4) is 22.3 Å². The first-order valence-corrected chi connectivity index (χ1v) is 29.4. The molecule has 0 radical (unpaired) electrons. The van der Waals surface area contributed by atoms with Crippen molar-refractivity contribution in [1.82, 2.24) is 0 Å². The van der Waals surface area contributed by atoms with Crippen molar-refractivity contribution in [1.29, 1.82) is 0 Å². The van der Waals surface area contributed by atoms with Gasteiger partial charge in [-0.25, -0.2) is 0 Å². The van der Waals surface area contributed by atoms with E-state index in [0.29, 0.717) is 5.92 Å². The molecular weight excluding hydrogens is 941 g/mol. The molecule has 396 valence electrons. The van der Waals surface area contributed by atoms with Gasteiger partial charge in [-0.15, -0.1) is 0 Å². The summed E-state index contributed by atoms with van der Waals surface area (Å²) in [5, 5.41) is 0. The SMILES string of the molecule is CCCCCc1ccc(-c2ccc(N(c3ccc(C4(c5ccc(N(c6ccc(-c7ccc(CCCCC)cc7C)cc6)c6ccc(C)c(C)c6)cc5)CCC(c5ccccc5)CC4)cc3)c3ccc(C)c(C)c3)cc2)c(C)c1. The van der Waals surface area contributed by atoms with Gasteiger partial charge in [0.15, 0.2) is 0 Å². The van der Waals surface area contributed by atoms with Crippen molar-refractivity contribution in [2.45, 2.75) is 144 Å². The standard InChI is InChI=1S/C76H82N2/c1-9-11-14-18-60-24-44-74(58(7)50-60)64-26-36-68(37-27-64)77(72-34-22-54(3)56(5)52-72)70-40-30-66(31-41-70)76(48-46-63(47-49-76)62-20-16-13-17-21-62)67-32-42-71(43-33-67)78(73-35-23-55(4)57(6)53-73)69-38-28-65(29-39-69)75-45-25-61(51-59(75)8)19-15-12-10-2/h13,16-17,20-45,50-53,63H,9-12,14-15,18-19,46-49H2,1-8H3. The Morgan fingerprint density at radius 1 is 0.359 bits per heavy atom. The molecule has 1 aliphatic carbocycles. The third kappa shape index (κ3) is 11.8. The summed E-state index contributed by atoms with van der Waals surface area (Å²) in [6.45, 7) is 18.0. The Balaban J connectivity index is 0.988. The number of aryl methyl sites for hydroxylation is 8. The topological polar surface area (TPSA) is 6.48 Å². The number of benzene rings is 9. The van der Waals surface area contributed by atoms with Crippen LogP contribution in [0.2, 0.25) is 0 Å². The smallest absolute Gasteiger partial charge is 0.0464 e. The molecule has 1 fully saturated rings. The van der Waals surface area contributed by atoms with Crippen LogP contribution in [0.5, 0.6) is 0 Å². The first kappa shape index (κ1) is 54.0. The average Bonchev–Trinajstić information content (AvgIpc) is 3.63. The van der Waals surface area contributed by atoms with Crippen LogP contribution in [0.3, 0.4) is 0 Å². The molecule has 78 heavy (non-hydrogen) atoms. The molecule has 0 heterocycles. The van der Waals surface area contributed by atoms with Crippen molar-refractivity contribution < 1.29 is 0 Å². The van der Waals surface area contributed by atoms with Gasteiger partial charge in [0, 0.05) is 39.5 Å². The lowest BCUT2D eigenvalue weighted by Gasteiger charge is -2.42. The Bertz CT molecular complexity index is 3210. The Morgan fingerprint density at radius 2 is 0.744 bits per heavy atom. The summed E-state index contributed by atoms with van der Waals surface area (Å²) in [7, 11) is 0. The van der Waals surface area contributed by atoms with Crippen molar-refractivity contribution in [2.24, 2.45) is 0 Å². The molecule has 9 aromatic rings. The fourth-order valence-corrected chi connectivity index (χ4v) is 12.5. The van der Waals surface area contributed by atoms with E-state index in [4.69, 9.17) is 0 Å². The number of unbranched alkanes of at least 4 members (excludes halogenated alkanes) is 4. The quantitative estimate of drug-likeness (QED) is 0.0745. The van der Waals surface area contributed by atoms with E-state index >= 15 is 0 Å². The van der Waals surface area contributed by atoms with Gasteiger partial charge in [-0.05, 0) is 255 Å². The molecule has 0 amide bonds. The summed E-state index contributed by atoms with van der Waals surface area (Å²) >= 11 is 0.